The largest absolute Gasteiger partial charge is 0.353 e. The van der Waals surface area contributed by atoms with Crippen LogP contribution in [-0.2, 0) is 20.7 Å². The summed E-state index contributed by atoms with van der Waals surface area (Å²) >= 11 is 0. The molecule has 1 fully saturated rings. The lowest BCUT2D eigenvalue weighted by molar-refractivity contribution is -0.228. The molecule has 0 spiro atoms. The van der Waals surface area contributed by atoms with E-state index in [4.69, 9.17) is 9.47 Å². The van der Waals surface area contributed by atoms with E-state index in [1.54, 1.807) is 14.2 Å². The summed E-state index contributed by atoms with van der Waals surface area (Å²) in [5.41, 5.74) is 1.21. The van der Waals surface area contributed by atoms with Crippen molar-refractivity contribution in [3.8, 4) is 0 Å². The van der Waals surface area contributed by atoms with Gasteiger partial charge in [-0.3, -0.25) is 4.79 Å². The molecule has 0 saturated carbocycles. The first-order valence-corrected chi connectivity index (χ1v) is 7.11. The third-order valence-electron chi connectivity index (χ3n) is 4.09. The standard InChI is InChI=1S/C16H23NO3/c1-19-16(20-2)10-12-17(13-11-16)15(18)9-8-14-6-4-3-5-7-14/h3-7H,8-13H2,1-2H3. The molecule has 1 aromatic carbocycles. The molecule has 0 aromatic heterocycles. The number of amides is 1. The zero-order chi connectivity index (χ0) is 14.4. The van der Waals surface area contributed by atoms with E-state index < -0.39 is 5.79 Å². The van der Waals surface area contributed by atoms with E-state index in [1.807, 2.05) is 23.1 Å². The van der Waals surface area contributed by atoms with Crippen molar-refractivity contribution in [1.82, 2.24) is 4.90 Å². The van der Waals surface area contributed by atoms with Crippen LogP contribution >= 0.6 is 0 Å². The first-order chi connectivity index (χ1) is 9.69. The smallest absolute Gasteiger partial charge is 0.222 e. The number of likely N-dealkylation sites (tertiary alicyclic amines) is 1. The van der Waals surface area contributed by atoms with Gasteiger partial charge < -0.3 is 14.4 Å². The van der Waals surface area contributed by atoms with Crippen LogP contribution in [0.2, 0.25) is 0 Å². The molecule has 0 radical (unpaired) electrons. The summed E-state index contributed by atoms with van der Waals surface area (Å²) in [7, 11) is 3.33. The van der Waals surface area contributed by atoms with Crippen LogP contribution in [0.5, 0.6) is 0 Å². The van der Waals surface area contributed by atoms with Crippen LogP contribution in [0.3, 0.4) is 0 Å². The number of aryl methyl sites for hydroxylation is 1. The molecular weight excluding hydrogens is 254 g/mol. The van der Waals surface area contributed by atoms with Gasteiger partial charge in [-0.05, 0) is 12.0 Å². The molecule has 1 heterocycles. The van der Waals surface area contributed by atoms with Gasteiger partial charge in [0.2, 0.25) is 5.91 Å². The number of nitrogens with zero attached hydrogens (tertiary/aromatic N) is 1. The Labute approximate surface area is 120 Å². The summed E-state index contributed by atoms with van der Waals surface area (Å²) < 4.78 is 10.9. The molecule has 0 atom stereocenters. The van der Waals surface area contributed by atoms with Gasteiger partial charge in [-0.25, -0.2) is 0 Å². The fourth-order valence-corrected chi connectivity index (χ4v) is 2.64. The molecule has 0 aliphatic carbocycles. The minimum absolute atomic E-state index is 0.217. The van der Waals surface area contributed by atoms with Crippen molar-refractivity contribution >= 4 is 5.91 Å². The van der Waals surface area contributed by atoms with E-state index in [-0.39, 0.29) is 5.91 Å². The maximum absolute atomic E-state index is 12.2. The lowest BCUT2D eigenvalue weighted by Gasteiger charge is -2.39. The third kappa shape index (κ3) is 3.58. The molecule has 0 bridgehead atoms. The Morgan fingerprint density at radius 2 is 1.75 bits per heavy atom. The van der Waals surface area contributed by atoms with Gasteiger partial charge >= 0.3 is 0 Å². The number of piperidine rings is 1. The van der Waals surface area contributed by atoms with E-state index in [9.17, 15) is 4.79 Å². The van der Waals surface area contributed by atoms with Gasteiger partial charge in [-0.1, -0.05) is 30.3 Å². The highest BCUT2D eigenvalue weighted by atomic mass is 16.7. The number of carbonyl (C=O) groups is 1. The molecule has 20 heavy (non-hydrogen) atoms. The van der Waals surface area contributed by atoms with Crippen molar-refractivity contribution < 1.29 is 14.3 Å². The Morgan fingerprint density at radius 1 is 1.15 bits per heavy atom. The van der Waals surface area contributed by atoms with Crippen LogP contribution in [0, 0.1) is 0 Å². The Kier molecular flexibility index (Phi) is 5.15. The molecular formula is C16H23NO3. The van der Waals surface area contributed by atoms with Gasteiger partial charge in [0.05, 0.1) is 0 Å². The average molecular weight is 277 g/mol. The van der Waals surface area contributed by atoms with Crippen molar-refractivity contribution in [2.45, 2.75) is 31.5 Å². The summed E-state index contributed by atoms with van der Waals surface area (Å²) in [6.45, 7) is 1.41. The fourth-order valence-electron chi connectivity index (χ4n) is 2.64. The average Bonchev–Trinajstić information content (AvgIpc) is 2.53. The fraction of sp³-hybridized carbons (Fsp3) is 0.562. The highest BCUT2D eigenvalue weighted by Gasteiger charge is 2.35. The number of hydrogen-bond acceptors (Lipinski definition) is 3. The normalized spacial score (nSPS) is 18.0. The van der Waals surface area contributed by atoms with Crippen LogP contribution in [0.15, 0.2) is 30.3 Å². The Morgan fingerprint density at radius 3 is 2.30 bits per heavy atom. The SMILES string of the molecule is COC1(OC)CCN(C(=O)CCc2ccccc2)CC1. The third-order valence-corrected chi connectivity index (χ3v) is 4.09. The second-order valence-electron chi connectivity index (χ2n) is 5.19. The molecule has 4 nitrogen and oxygen atoms in total. The summed E-state index contributed by atoms with van der Waals surface area (Å²) in [4.78, 5) is 14.1. The van der Waals surface area contributed by atoms with Crippen molar-refractivity contribution in [3.63, 3.8) is 0 Å². The van der Waals surface area contributed by atoms with Crippen LogP contribution in [0.4, 0.5) is 0 Å². The minimum atomic E-state index is -0.504. The van der Waals surface area contributed by atoms with E-state index in [0.29, 0.717) is 19.5 Å². The highest BCUT2D eigenvalue weighted by Crippen LogP contribution is 2.26. The van der Waals surface area contributed by atoms with Gasteiger partial charge in [0.1, 0.15) is 0 Å². The molecule has 4 heteroatoms. The molecule has 1 aliphatic heterocycles. The van der Waals surface area contributed by atoms with Crippen molar-refractivity contribution in [1.29, 1.82) is 0 Å². The van der Waals surface area contributed by atoms with E-state index >= 15 is 0 Å². The van der Waals surface area contributed by atoms with Crippen LogP contribution in [0.25, 0.3) is 0 Å². The first-order valence-electron chi connectivity index (χ1n) is 7.11. The maximum Gasteiger partial charge on any atom is 0.222 e. The van der Waals surface area contributed by atoms with Gasteiger partial charge in [0.25, 0.3) is 0 Å². The maximum atomic E-state index is 12.2. The molecule has 1 amide bonds. The number of ether oxygens (including phenoxy) is 2. The second-order valence-corrected chi connectivity index (χ2v) is 5.19. The van der Waals surface area contributed by atoms with Crippen molar-refractivity contribution in [2.75, 3.05) is 27.3 Å². The molecule has 1 aromatic rings. The molecule has 1 aliphatic rings. The van der Waals surface area contributed by atoms with E-state index in [0.717, 1.165) is 19.3 Å². The van der Waals surface area contributed by atoms with E-state index in [2.05, 4.69) is 12.1 Å². The van der Waals surface area contributed by atoms with Gasteiger partial charge in [-0.15, -0.1) is 0 Å². The predicted octanol–water partition coefficient (Wildman–Crippen LogP) is 2.23. The highest BCUT2D eigenvalue weighted by molar-refractivity contribution is 5.76. The molecule has 0 N–H and O–H groups in total. The van der Waals surface area contributed by atoms with E-state index in [1.165, 1.54) is 5.56 Å². The summed E-state index contributed by atoms with van der Waals surface area (Å²) in [6.07, 6.45) is 2.83. The molecule has 110 valence electrons. The zero-order valence-corrected chi connectivity index (χ0v) is 12.3. The Bertz CT molecular complexity index is 419. The predicted molar refractivity (Wildman–Crippen MR) is 77.3 cm³/mol. The Balaban J connectivity index is 1.80. The van der Waals surface area contributed by atoms with Crippen molar-refractivity contribution in [3.05, 3.63) is 35.9 Å². The molecule has 0 unspecified atom stereocenters. The molecule has 2 rings (SSSR count). The molecule has 1 saturated heterocycles. The summed E-state index contributed by atoms with van der Waals surface area (Å²) in [6, 6.07) is 10.1. The summed E-state index contributed by atoms with van der Waals surface area (Å²) in [5, 5.41) is 0. The summed E-state index contributed by atoms with van der Waals surface area (Å²) in [5.74, 6) is -0.286. The lowest BCUT2D eigenvalue weighted by Crippen LogP contribution is -2.48. The number of rotatable bonds is 5. The van der Waals surface area contributed by atoms with Gasteiger partial charge in [0, 0.05) is 46.6 Å². The topological polar surface area (TPSA) is 38.8 Å². The van der Waals surface area contributed by atoms with Gasteiger partial charge in [0.15, 0.2) is 5.79 Å². The number of hydrogen-bond donors (Lipinski definition) is 0. The van der Waals surface area contributed by atoms with Crippen LogP contribution in [-0.4, -0.2) is 43.9 Å². The number of methoxy groups -OCH3 is 2. The number of benzene rings is 1. The quantitative estimate of drug-likeness (QED) is 0.775. The lowest BCUT2D eigenvalue weighted by atomic mass is 10.0. The van der Waals surface area contributed by atoms with Crippen LogP contribution < -0.4 is 0 Å². The Hall–Kier alpha value is -1.39. The number of carbonyl (C=O) groups excluding carboxylic acids is 1. The second kappa shape index (κ2) is 6.86. The zero-order valence-electron chi connectivity index (χ0n) is 12.3. The monoisotopic (exact) mass is 277 g/mol. The van der Waals surface area contributed by atoms with Crippen LogP contribution in [0.1, 0.15) is 24.8 Å². The first kappa shape index (κ1) is 15.0. The van der Waals surface area contributed by atoms with Gasteiger partial charge in [-0.2, -0.15) is 0 Å². The minimum Gasteiger partial charge on any atom is -0.353 e. The van der Waals surface area contributed by atoms with Crippen molar-refractivity contribution in [2.24, 2.45) is 0 Å².